The van der Waals surface area contributed by atoms with Crippen LogP contribution in [-0.4, -0.2) is 13.9 Å². The summed E-state index contributed by atoms with van der Waals surface area (Å²) in [6, 6.07) is 1.09. The minimum Gasteiger partial charge on any atom is -0.299 e. The summed E-state index contributed by atoms with van der Waals surface area (Å²) in [5, 5.41) is 0. The quantitative estimate of drug-likeness (QED) is 0.484. The molecule has 0 fully saturated rings. The maximum atomic E-state index is 11.9. The summed E-state index contributed by atoms with van der Waals surface area (Å²) >= 11 is 0. The molecule has 0 rings (SSSR count). The molecule has 0 spiro atoms. The van der Waals surface area contributed by atoms with Crippen LogP contribution in [0.4, 0.5) is 0 Å². The molecule has 0 aromatic carbocycles. The van der Waals surface area contributed by atoms with E-state index in [1.54, 1.807) is 0 Å². The lowest BCUT2D eigenvalue weighted by atomic mass is 9.94. The van der Waals surface area contributed by atoms with Gasteiger partial charge < -0.3 is 0 Å². The molecule has 1 unspecified atom stereocenters. The lowest BCUT2D eigenvalue weighted by molar-refractivity contribution is -0.125. The Labute approximate surface area is 89.6 Å². The minimum absolute atomic E-state index is 0.163. The lowest BCUT2D eigenvalue weighted by Gasteiger charge is -2.24. The predicted octanol–water partition coefficient (Wildman–Crippen LogP) is 3.74. The topological polar surface area (TPSA) is 17.1 Å². The summed E-state index contributed by atoms with van der Waals surface area (Å²) in [6.45, 7) is 14.7. The van der Waals surface area contributed by atoms with Gasteiger partial charge in [-0.15, -0.1) is 6.58 Å². The van der Waals surface area contributed by atoms with E-state index in [9.17, 15) is 4.79 Å². The molecule has 0 N–H and O–H groups in total. The number of rotatable bonds is 6. The maximum absolute atomic E-state index is 11.9. The van der Waals surface area contributed by atoms with Gasteiger partial charge in [-0.2, -0.15) is 0 Å². The first kappa shape index (κ1) is 13.6. The van der Waals surface area contributed by atoms with E-state index in [0.29, 0.717) is 5.78 Å². The Morgan fingerprint density at radius 1 is 1.36 bits per heavy atom. The zero-order chi connectivity index (χ0) is 11.4. The molecule has 0 heterocycles. The molecule has 82 valence electrons. The van der Waals surface area contributed by atoms with Crippen LogP contribution in [0.2, 0.25) is 25.7 Å². The Morgan fingerprint density at radius 3 is 2.14 bits per heavy atom. The third kappa shape index (κ3) is 5.38. The van der Waals surface area contributed by atoms with E-state index in [1.165, 1.54) is 0 Å². The summed E-state index contributed by atoms with van der Waals surface area (Å²) in [4.78, 5) is 11.9. The Kier molecular flexibility index (Phi) is 5.35. The highest BCUT2D eigenvalue weighted by molar-refractivity contribution is 6.76. The number of carbonyl (C=O) groups excluding carboxylic acids is 1. The number of Topliss-reactive ketones (excluding diaryl/α,β-unsaturated/α-hetero) is 1. The van der Waals surface area contributed by atoms with Crippen molar-refractivity contribution in [2.45, 2.75) is 46.0 Å². The summed E-state index contributed by atoms with van der Waals surface area (Å²) in [5.41, 5.74) is 0. The third-order valence-electron chi connectivity index (χ3n) is 2.28. The highest BCUT2D eigenvalue weighted by atomic mass is 28.3. The van der Waals surface area contributed by atoms with Gasteiger partial charge >= 0.3 is 0 Å². The average molecular weight is 212 g/mol. The number of allylic oxidation sites excluding steroid dienone is 1. The predicted molar refractivity (Wildman–Crippen MR) is 66.3 cm³/mol. The van der Waals surface area contributed by atoms with Crippen molar-refractivity contribution in [2.24, 2.45) is 11.8 Å². The monoisotopic (exact) mass is 212 g/mol. The van der Waals surface area contributed by atoms with Gasteiger partial charge in [0.05, 0.1) is 0 Å². The van der Waals surface area contributed by atoms with Crippen LogP contribution in [-0.2, 0) is 4.79 Å². The summed E-state index contributed by atoms with van der Waals surface area (Å²) < 4.78 is 0. The normalized spacial score (nSPS) is 14.1. The maximum Gasteiger partial charge on any atom is 0.138 e. The van der Waals surface area contributed by atoms with Crippen molar-refractivity contribution in [3.05, 3.63) is 12.7 Å². The fourth-order valence-electron chi connectivity index (χ4n) is 1.71. The van der Waals surface area contributed by atoms with E-state index in [1.807, 2.05) is 19.9 Å². The molecule has 0 saturated heterocycles. The Balaban J connectivity index is 4.44. The standard InChI is InChI=1S/C12H24OSi/c1-7-8-11(9-14(4,5)6)12(13)10(2)3/h7,10-11H,1,8-9H2,2-6H3. The molecular weight excluding hydrogens is 188 g/mol. The van der Waals surface area contributed by atoms with E-state index < -0.39 is 8.07 Å². The molecule has 0 aliphatic heterocycles. The number of hydrogen-bond acceptors (Lipinski definition) is 1. The van der Waals surface area contributed by atoms with Gasteiger partial charge in [-0.25, -0.2) is 0 Å². The van der Waals surface area contributed by atoms with Crippen LogP contribution in [0.1, 0.15) is 20.3 Å². The Hall–Kier alpha value is -0.373. The molecule has 1 atom stereocenters. The van der Waals surface area contributed by atoms with Gasteiger partial charge in [0, 0.05) is 19.9 Å². The largest absolute Gasteiger partial charge is 0.299 e. The minimum atomic E-state index is -1.13. The molecule has 0 aliphatic rings. The first-order chi connectivity index (χ1) is 6.28. The number of hydrogen-bond donors (Lipinski definition) is 0. The second kappa shape index (κ2) is 5.49. The molecule has 0 bridgehead atoms. The molecule has 0 aliphatic carbocycles. The van der Waals surface area contributed by atoms with Gasteiger partial charge in [-0.05, 0) is 12.5 Å². The van der Waals surface area contributed by atoms with Crippen LogP contribution in [0.25, 0.3) is 0 Å². The molecule has 0 amide bonds. The first-order valence-electron chi connectivity index (χ1n) is 5.42. The van der Waals surface area contributed by atoms with Crippen molar-refractivity contribution in [3.63, 3.8) is 0 Å². The van der Waals surface area contributed by atoms with E-state index in [0.717, 1.165) is 12.5 Å². The van der Waals surface area contributed by atoms with Gasteiger partial charge in [0.15, 0.2) is 0 Å². The second-order valence-corrected chi connectivity index (χ2v) is 11.1. The van der Waals surface area contributed by atoms with Crippen molar-refractivity contribution in [3.8, 4) is 0 Å². The molecular formula is C12H24OSi. The SMILES string of the molecule is C=CCC(C[Si](C)(C)C)C(=O)C(C)C. The van der Waals surface area contributed by atoms with Gasteiger partial charge in [-0.3, -0.25) is 4.79 Å². The fraction of sp³-hybridized carbons (Fsp3) is 0.750. The Bertz CT molecular complexity index is 201. The van der Waals surface area contributed by atoms with Gasteiger partial charge in [0.1, 0.15) is 5.78 Å². The van der Waals surface area contributed by atoms with Crippen LogP contribution in [0.3, 0.4) is 0 Å². The van der Waals surface area contributed by atoms with E-state index in [4.69, 9.17) is 0 Å². The zero-order valence-corrected chi connectivity index (χ0v) is 11.3. The zero-order valence-electron chi connectivity index (χ0n) is 10.3. The molecule has 0 aromatic rings. The molecule has 0 saturated carbocycles. The lowest BCUT2D eigenvalue weighted by Crippen LogP contribution is -2.29. The number of ketones is 1. The van der Waals surface area contributed by atoms with Crippen molar-refractivity contribution >= 4 is 13.9 Å². The second-order valence-electron chi connectivity index (χ2n) is 5.54. The van der Waals surface area contributed by atoms with E-state index in [-0.39, 0.29) is 11.8 Å². The molecule has 0 radical (unpaired) electrons. The summed E-state index contributed by atoms with van der Waals surface area (Å²) in [7, 11) is -1.13. The number of carbonyl (C=O) groups is 1. The summed E-state index contributed by atoms with van der Waals surface area (Å²) in [6.07, 6.45) is 2.73. The molecule has 0 aromatic heterocycles. The third-order valence-corrected chi connectivity index (χ3v) is 4.00. The highest BCUT2D eigenvalue weighted by Crippen LogP contribution is 2.23. The first-order valence-corrected chi connectivity index (χ1v) is 9.13. The van der Waals surface area contributed by atoms with E-state index >= 15 is 0 Å². The van der Waals surface area contributed by atoms with Crippen LogP contribution in [0.15, 0.2) is 12.7 Å². The van der Waals surface area contributed by atoms with Gasteiger partial charge in [0.2, 0.25) is 0 Å². The smallest absolute Gasteiger partial charge is 0.138 e. The van der Waals surface area contributed by atoms with Crippen LogP contribution in [0, 0.1) is 11.8 Å². The molecule has 2 heteroatoms. The van der Waals surface area contributed by atoms with Gasteiger partial charge in [-0.1, -0.05) is 39.6 Å². The summed E-state index contributed by atoms with van der Waals surface area (Å²) in [5.74, 6) is 0.794. The van der Waals surface area contributed by atoms with Crippen LogP contribution >= 0.6 is 0 Å². The van der Waals surface area contributed by atoms with Crippen LogP contribution in [0.5, 0.6) is 0 Å². The van der Waals surface area contributed by atoms with E-state index in [2.05, 4.69) is 26.2 Å². The van der Waals surface area contributed by atoms with Crippen LogP contribution < -0.4 is 0 Å². The van der Waals surface area contributed by atoms with Crippen molar-refractivity contribution in [2.75, 3.05) is 0 Å². The van der Waals surface area contributed by atoms with Crippen molar-refractivity contribution < 1.29 is 4.79 Å². The average Bonchev–Trinajstić information content (AvgIpc) is 1.99. The fourth-order valence-corrected chi connectivity index (χ4v) is 3.56. The molecule has 14 heavy (non-hydrogen) atoms. The van der Waals surface area contributed by atoms with Crippen molar-refractivity contribution in [1.82, 2.24) is 0 Å². The highest BCUT2D eigenvalue weighted by Gasteiger charge is 2.26. The van der Waals surface area contributed by atoms with Crippen molar-refractivity contribution in [1.29, 1.82) is 0 Å². The Morgan fingerprint density at radius 2 is 1.86 bits per heavy atom. The van der Waals surface area contributed by atoms with Gasteiger partial charge in [0.25, 0.3) is 0 Å². The molecule has 1 nitrogen and oxygen atoms in total.